The lowest BCUT2D eigenvalue weighted by Crippen LogP contribution is -1.83. The summed E-state index contributed by atoms with van der Waals surface area (Å²) < 4.78 is 12.5. The van der Waals surface area contributed by atoms with Crippen LogP contribution in [0.25, 0.3) is 0 Å². The molecule has 0 aliphatic heterocycles. The van der Waals surface area contributed by atoms with Crippen molar-refractivity contribution in [3.05, 3.63) is 29.6 Å². The molecule has 0 saturated carbocycles. The van der Waals surface area contributed by atoms with Gasteiger partial charge >= 0.3 is 0 Å². The van der Waals surface area contributed by atoms with E-state index < -0.39 is 5.82 Å². The SMILES string of the molecule is CC#CCc1ccc(F)cc1O. The minimum absolute atomic E-state index is 0.0299. The highest BCUT2D eigenvalue weighted by Gasteiger charge is 1.99. The average molecular weight is 164 g/mol. The van der Waals surface area contributed by atoms with Gasteiger partial charge in [-0.1, -0.05) is 12.0 Å². The first-order valence-corrected chi connectivity index (χ1v) is 3.61. The summed E-state index contributed by atoms with van der Waals surface area (Å²) in [4.78, 5) is 0. The second kappa shape index (κ2) is 3.77. The molecule has 0 aliphatic rings. The zero-order valence-corrected chi connectivity index (χ0v) is 6.76. The number of hydrogen-bond acceptors (Lipinski definition) is 1. The Labute approximate surface area is 70.9 Å². The van der Waals surface area contributed by atoms with Gasteiger partial charge in [-0.2, -0.15) is 0 Å². The van der Waals surface area contributed by atoms with Crippen molar-refractivity contribution in [3.63, 3.8) is 0 Å². The normalized spacial score (nSPS) is 8.83. The van der Waals surface area contributed by atoms with Gasteiger partial charge in [0, 0.05) is 18.1 Å². The number of phenols is 1. The molecule has 12 heavy (non-hydrogen) atoms. The van der Waals surface area contributed by atoms with E-state index in [2.05, 4.69) is 11.8 Å². The lowest BCUT2D eigenvalue weighted by molar-refractivity contribution is 0.463. The Kier molecular flexibility index (Phi) is 2.71. The van der Waals surface area contributed by atoms with E-state index in [1.54, 1.807) is 6.92 Å². The molecule has 0 atom stereocenters. The lowest BCUT2D eigenvalue weighted by Gasteiger charge is -1.98. The van der Waals surface area contributed by atoms with E-state index in [0.29, 0.717) is 12.0 Å². The Morgan fingerprint density at radius 3 is 2.83 bits per heavy atom. The first-order chi connectivity index (χ1) is 5.74. The van der Waals surface area contributed by atoms with Crippen LogP contribution in [0.3, 0.4) is 0 Å². The van der Waals surface area contributed by atoms with E-state index in [9.17, 15) is 9.50 Å². The van der Waals surface area contributed by atoms with E-state index in [0.717, 1.165) is 6.07 Å². The predicted molar refractivity (Wildman–Crippen MR) is 45.2 cm³/mol. The molecule has 0 aromatic heterocycles. The van der Waals surface area contributed by atoms with Gasteiger partial charge in [0.15, 0.2) is 0 Å². The maximum Gasteiger partial charge on any atom is 0.126 e. The summed E-state index contributed by atoms with van der Waals surface area (Å²) >= 11 is 0. The number of aromatic hydroxyl groups is 1. The van der Waals surface area contributed by atoms with Crippen LogP contribution in [0, 0.1) is 17.7 Å². The zero-order valence-electron chi connectivity index (χ0n) is 6.76. The Morgan fingerprint density at radius 2 is 2.25 bits per heavy atom. The molecule has 1 N–H and O–H groups in total. The number of rotatable bonds is 1. The third-order valence-electron chi connectivity index (χ3n) is 1.50. The molecule has 0 radical (unpaired) electrons. The van der Waals surface area contributed by atoms with Crippen molar-refractivity contribution in [1.82, 2.24) is 0 Å². The van der Waals surface area contributed by atoms with Crippen LogP contribution in [0.15, 0.2) is 18.2 Å². The number of hydrogen-bond donors (Lipinski definition) is 1. The molecule has 0 aliphatic carbocycles. The monoisotopic (exact) mass is 164 g/mol. The zero-order chi connectivity index (χ0) is 8.97. The maximum absolute atomic E-state index is 12.5. The van der Waals surface area contributed by atoms with Crippen LogP contribution < -0.4 is 0 Å². The second-order valence-electron chi connectivity index (χ2n) is 2.38. The van der Waals surface area contributed by atoms with Crippen LogP contribution in [0.2, 0.25) is 0 Å². The summed E-state index contributed by atoms with van der Waals surface area (Å²) in [6, 6.07) is 3.94. The number of phenolic OH excluding ortho intramolecular Hbond substituents is 1. The van der Waals surface area contributed by atoms with E-state index in [-0.39, 0.29) is 5.75 Å². The van der Waals surface area contributed by atoms with Gasteiger partial charge in [-0.15, -0.1) is 5.92 Å². The molecule has 62 valence electrons. The lowest BCUT2D eigenvalue weighted by atomic mass is 10.1. The Balaban J connectivity index is 2.91. The molecule has 0 spiro atoms. The van der Waals surface area contributed by atoms with Crippen LogP contribution in [-0.2, 0) is 6.42 Å². The van der Waals surface area contributed by atoms with Crippen LogP contribution >= 0.6 is 0 Å². The van der Waals surface area contributed by atoms with E-state index in [1.165, 1.54) is 12.1 Å². The highest BCUT2D eigenvalue weighted by atomic mass is 19.1. The van der Waals surface area contributed by atoms with E-state index >= 15 is 0 Å². The van der Waals surface area contributed by atoms with Gasteiger partial charge in [-0.3, -0.25) is 0 Å². The van der Waals surface area contributed by atoms with Gasteiger partial charge in [0.25, 0.3) is 0 Å². The number of halogens is 1. The molecule has 0 bridgehead atoms. The molecule has 0 saturated heterocycles. The fourth-order valence-electron chi connectivity index (χ4n) is 0.870. The average Bonchev–Trinajstić information content (AvgIpc) is 2.03. The summed E-state index contributed by atoms with van der Waals surface area (Å²) in [5, 5.41) is 9.21. The van der Waals surface area contributed by atoms with Crippen molar-refractivity contribution in [2.45, 2.75) is 13.3 Å². The standard InChI is InChI=1S/C10H9FO/c1-2-3-4-8-5-6-9(11)7-10(8)12/h5-7,12H,4H2,1H3. The van der Waals surface area contributed by atoms with E-state index in [1.807, 2.05) is 0 Å². The molecular formula is C10H9FO. The topological polar surface area (TPSA) is 20.2 Å². The van der Waals surface area contributed by atoms with Gasteiger partial charge in [0.05, 0.1) is 0 Å². The van der Waals surface area contributed by atoms with Crippen LogP contribution in [0.1, 0.15) is 12.5 Å². The van der Waals surface area contributed by atoms with Crippen molar-refractivity contribution < 1.29 is 9.50 Å². The van der Waals surface area contributed by atoms with Crippen LogP contribution in [0.4, 0.5) is 4.39 Å². The minimum atomic E-state index is -0.430. The first kappa shape index (κ1) is 8.61. The smallest absolute Gasteiger partial charge is 0.126 e. The molecule has 1 rings (SSSR count). The fourth-order valence-corrected chi connectivity index (χ4v) is 0.870. The van der Waals surface area contributed by atoms with Crippen LogP contribution in [-0.4, -0.2) is 5.11 Å². The Bertz CT molecular complexity index is 333. The minimum Gasteiger partial charge on any atom is -0.508 e. The molecule has 2 heteroatoms. The van der Waals surface area contributed by atoms with Gasteiger partial charge in [-0.05, 0) is 13.0 Å². The highest BCUT2D eigenvalue weighted by molar-refractivity contribution is 5.35. The van der Waals surface area contributed by atoms with Crippen molar-refractivity contribution >= 4 is 0 Å². The Morgan fingerprint density at radius 1 is 1.50 bits per heavy atom. The summed E-state index contributed by atoms with van der Waals surface area (Å²) in [7, 11) is 0. The van der Waals surface area contributed by atoms with Gasteiger partial charge in [-0.25, -0.2) is 4.39 Å². The first-order valence-electron chi connectivity index (χ1n) is 3.61. The van der Waals surface area contributed by atoms with Crippen molar-refractivity contribution in [3.8, 4) is 17.6 Å². The predicted octanol–water partition coefficient (Wildman–Crippen LogP) is 2.10. The molecule has 0 heterocycles. The quantitative estimate of drug-likeness (QED) is 0.630. The number of benzene rings is 1. The van der Waals surface area contributed by atoms with Crippen LogP contribution in [0.5, 0.6) is 5.75 Å². The van der Waals surface area contributed by atoms with Crippen molar-refractivity contribution in [2.24, 2.45) is 0 Å². The third kappa shape index (κ3) is 2.00. The second-order valence-corrected chi connectivity index (χ2v) is 2.38. The van der Waals surface area contributed by atoms with Gasteiger partial charge in [0.1, 0.15) is 11.6 Å². The molecule has 1 nitrogen and oxygen atoms in total. The third-order valence-corrected chi connectivity index (χ3v) is 1.50. The summed E-state index contributed by atoms with van der Waals surface area (Å²) in [6.07, 6.45) is 0.461. The maximum atomic E-state index is 12.5. The molecule has 1 aromatic rings. The summed E-state index contributed by atoms with van der Waals surface area (Å²) in [6.45, 7) is 1.72. The fraction of sp³-hybridized carbons (Fsp3) is 0.200. The molecule has 0 unspecified atom stereocenters. The molecule has 1 aromatic carbocycles. The van der Waals surface area contributed by atoms with Gasteiger partial charge < -0.3 is 5.11 Å². The summed E-state index contributed by atoms with van der Waals surface area (Å²) in [5.74, 6) is 5.04. The highest BCUT2D eigenvalue weighted by Crippen LogP contribution is 2.17. The van der Waals surface area contributed by atoms with E-state index in [4.69, 9.17) is 0 Å². The molecular weight excluding hydrogens is 155 g/mol. The summed E-state index contributed by atoms with van der Waals surface area (Å²) in [5.41, 5.74) is 0.658. The van der Waals surface area contributed by atoms with Gasteiger partial charge in [0.2, 0.25) is 0 Å². The molecule has 0 fully saturated rings. The largest absolute Gasteiger partial charge is 0.508 e. The van der Waals surface area contributed by atoms with Crippen molar-refractivity contribution in [1.29, 1.82) is 0 Å². The Hall–Kier alpha value is -1.49. The molecule has 0 amide bonds. The van der Waals surface area contributed by atoms with Crippen molar-refractivity contribution in [2.75, 3.05) is 0 Å².